The highest BCUT2D eigenvalue weighted by molar-refractivity contribution is 6.24. The lowest BCUT2D eigenvalue weighted by Crippen LogP contribution is -1.85. The van der Waals surface area contributed by atoms with Gasteiger partial charge in [0.2, 0.25) is 0 Å². The molecular formula is C30H18N2. The molecule has 5 aromatic carbocycles. The fourth-order valence-electron chi connectivity index (χ4n) is 5.09. The molecule has 0 fully saturated rings. The number of hydrogen-bond donors (Lipinski definition) is 0. The van der Waals surface area contributed by atoms with Crippen LogP contribution in [-0.4, -0.2) is 9.97 Å². The van der Waals surface area contributed by atoms with Gasteiger partial charge in [0.15, 0.2) is 0 Å². The molecule has 0 N–H and O–H groups in total. The fourth-order valence-corrected chi connectivity index (χ4v) is 5.09. The first-order valence-electron chi connectivity index (χ1n) is 10.8. The second-order valence-corrected chi connectivity index (χ2v) is 8.31. The minimum Gasteiger partial charge on any atom is -0.245 e. The Hall–Kier alpha value is -4.30. The van der Waals surface area contributed by atoms with Crippen LogP contribution in [0.4, 0.5) is 0 Å². The predicted octanol–water partition coefficient (Wildman–Crippen LogP) is 7.76. The third-order valence-electron chi connectivity index (χ3n) is 6.56. The molecule has 7 rings (SSSR count). The lowest BCUT2D eigenvalue weighted by Gasteiger charge is -2.10. The van der Waals surface area contributed by atoms with Crippen molar-refractivity contribution in [3.05, 3.63) is 110 Å². The van der Waals surface area contributed by atoms with Crippen molar-refractivity contribution in [2.24, 2.45) is 0 Å². The molecule has 0 saturated carbocycles. The molecule has 0 unspecified atom stereocenters. The monoisotopic (exact) mass is 406 g/mol. The van der Waals surface area contributed by atoms with Gasteiger partial charge in [-0.1, -0.05) is 78.9 Å². The van der Waals surface area contributed by atoms with Gasteiger partial charge in [-0.25, -0.2) is 9.97 Å². The third kappa shape index (κ3) is 2.47. The van der Waals surface area contributed by atoms with Crippen LogP contribution in [0.5, 0.6) is 0 Å². The van der Waals surface area contributed by atoms with E-state index < -0.39 is 0 Å². The molecule has 0 spiro atoms. The topological polar surface area (TPSA) is 25.8 Å². The van der Waals surface area contributed by atoms with Crippen molar-refractivity contribution < 1.29 is 0 Å². The Balaban J connectivity index is 1.42. The molecule has 0 atom stereocenters. The SMILES string of the molecule is c1ccc2c3c4c(cccc4cc2c1)-c1ccc(-c2ccc(-c4ccncn4)cc2)cc1-3. The van der Waals surface area contributed by atoms with Crippen LogP contribution in [0.25, 0.3) is 66.2 Å². The molecule has 1 aliphatic carbocycles. The first kappa shape index (κ1) is 17.4. The largest absolute Gasteiger partial charge is 0.245 e. The first-order chi connectivity index (χ1) is 15.9. The number of rotatable bonds is 2. The van der Waals surface area contributed by atoms with Crippen molar-refractivity contribution in [1.82, 2.24) is 9.97 Å². The van der Waals surface area contributed by atoms with Crippen LogP contribution < -0.4 is 0 Å². The zero-order valence-electron chi connectivity index (χ0n) is 17.3. The number of aromatic nitrogens is 2. The predicted molar refractivity (Wildman–Crippen MR) is 132 cm³/mol. The summed E-state index contributed by atoms with van der Waals surface area (Å²) in [4.78, 5) is 8.37. The van der Waals surface area contributed by atoms with E-state index in [-0.39, 0.29) is 0 Å². The number of benzene rings is 5. The molecular weight excluding hydrogens is 388 g/mol. The Morgan fingerprint density at radius 2 is 1.34 bits per heavy atom. The minimum atomic E-state index is 0.939. The summed E-state index contributed by atoms with van der Waals surface area (Å²) >= 11 is 0. The molecule has 0 aliphatic heterocycles. The summed E-state index contributed by atoms with van der Waals surface area (Å²) in [5.74, 6) is 0. The summed E-state index contributed by atoms with van der Waals surface area (Å²) in [5.41, 5.74) is 9.82. The second kappa shape index (κ2) is 6.60. The number of hydrogen-bond acceptors (Lipinski definition) is 2. The van der Waals surface area contributed by atoms with Gasteiger partial charge in [-0.15, -0.1) is 0 Å². The van der Waals surface area contributed by atoms with Gasteiger partial charge in [0, 0.05) is 11.8 Å². The van der Waals surface area contributed by atoms with Crippen molar-refractivity contribution >= 4 is 21.5 Å². The molecule has 1 aromatic heterocycles. The van der Waals surface area contributed by atoms with E-state index in [1.807, 2.05) is 6.07 Å². The standard InChI is InChI=1S/C30H18N2/c1-2-6-24-22(4-1)16-23-5-3-7-26-25-13-12-21(17-27(25)30(24)29(23)26)19-8-10-20(11-9-19)28-14-15-31-18-32-28/h1-18H. The molecule has 0 saturated heterocycles. The average Bonchev–Trinajstić information content (AvgIpc) is 3.20. The maximum Gasteiger partial charge on any atom is 0.116 e. The molecule has 6 aromatic rings. The Kier molecular flexibility index (Phi) is 3.58. The zero-order chi connectivity index (χ0) is 21.1. The molecule has 1 aliphatic rings. The molecule has 1 heterocycles. The molecule has 0 radical (unpaired) electrons. The highest BCUT2D eigenvalue weighted by atomic mass is 14.8. The van der Waals surface area contributed by atoms with Gasteiger partial charge in [0.1, 0.15) is 6.33 Å². The summed E-state index contributed by atoms with van der Waals surface area (Å²) < 4.78 is 0. The Bertz CT molecular complexity index is 1650. The van der Waals surface area contributed by atoms with Gasteiger partial charge < -0.3 is 0 Å². The maximum atomic E-state index is 4.36. The lowest BCUT2D eigenvalue weighted by molar-refractivity contribution is 1.17. The second-order valence-electron chi connectivity index (χ2n) is 8.31. The van der Waals surface area contributed by atoms with Crippen LogP contribution in [0.15, 0.2) is 110 Å². The van der Waals surface area contributed by atoms with E-state index in [1.54, 1.807) is 12.5 Å². The van der Waals surface area contributed by atoms with E-state index >= 15 is 0 Å². The van der Waals surface area contributed by atoms with Crippen molar-refractivity contribution in [2.45, 2.75) is 0 Å². The summed E-state index contributed by atoms with van der Waals surface area (Å²) in [6.45, 7) is 0. The quantitative estimate of drug-likeness (QED) is 0.274. The normalized spacial score (nSPS) is 11.8. The lowest BCUT2D eigenvalue weighted by atomic mass is 9.94. The molecule has 0 amide bonds. The summed E-state index contributed by atoms with van der Waals surface area (Å²) in [5, 5.41) is 5.29. The van der Waals surface area contributed by atoms with E-state index in [0.717, 1.165) is 11.3 Å². The van der Waals surface area contributed by atoms with Gasteiger partial charge in [-0.05, 0) is 73.1 Å². The van der Waals surface area contributed by atoms with Gasteiger partial charge in [-0.2, -0.15) is 0 Å². The van der Waals surface area contributed by atoms with Gasteiger partial charge in [0.05, 0.1) is 5.69 Å². The van der Waals surface area contributed by atoms with Crippen LogP contribution in [-0.2, 0) is 0 Å². The van der Waals surface area contributed by atoms with Crippen molar-refractivity contribution in [2.75, 3.05) is 0 Å². The van der Waals surface area contributed by atoms with Crippen LogP contribution in [0.2, 0.25) is 0 Å². The van der Waals surface area contributed by atoms with Gasteiger partial charge in [-0.3, -0.25) is 0 Å². The van der Waals surface area contributed by atoms with E-state index in [0.29, 0.717) is 0 Å². The van der Waals surface area contributed by atoms with Gasteiger partial charge >= 0.3 is 0 Å². The van der Waals surface area contributed by atoms with E-state index in [9.17, 15) is 0 Å². The van der Waals surface area contributed by atoms with Crippen LogP contribution >= 0.6 is 0 Å². The maximum absolute atomic E-state index is 4.36. The summed E-state index contributed by atoms with van der Waals surface area (Å²) in [6, 6.07) is 35.1. The molecule has 148 valence electrons. The molecule has 2 nitrogen and oxygen atoms in total. The summed E-state index contributed by atoms with van der Waals surface area (Å²) in [7, 11) is 0. The van der Waals surface area contributed by atoms with Crippen molar-refractivity contribution in [3.63, 3.8) is 0 Å². The molecule has 32 heavy (non-hydrogen) atoms. The van der Waals surface area contributed by atoms with E-state index in [1.165, 1.54) is 54.9 Å². The number of nitrogens with zero attached hydrogens (tertiary/aromatic N) is 2. The Morgan fingerprint density at radius 3 is 2.22 bits per heavy atom. The molecule has 2 heteroatoms. The zero-order valence-corrected chi connectivity index (χ0v) is 17.3. The highest BCUT2D eigenvalue weighted by Gasteiger charge is 2.23. The van der Waals surface area contributed by atoms with Crippen LogP contribution in [0, 0.1) is 0 Å². The van der Waals surface area contributed by atoms with E-state index in [2.05, 4.69) is 101 Å². The van der Waals surface area contributed by atoms with Crippen LogP contribution in [0.1, 0.15) is 0 Å². The fraction of sp³-hybridized carbons (Fsp3) is 0. The summed E-state index contributed by atoms with van der Waals surface area (Å²) in [6.07, 6.45) is 3.37. The first-order valence-corrected chi connectivity index (χ1v) is 10.8. The smallest absolute Gasteiger partial charge is 0.116 e. The van der Waals surface area contributed by atoms with Gasteiger partial charge in [0.25, 0.3) is 0 Å². The van der Waals surface area contributed by atoms with Crippen LogP contribution in [0.3, 0.4) is 0 Å². The van der Waals surface area contributed by atoms with E-state index in [4.69, 9.17) is 0 Å². The average molecular weight is 406 g/mol. The highest BCUT2D eigenvalue weighted by Crippen LogP contribution is 2.51. The Morgan fingerprint density at radius 1 is 0.531 bits per heavy atom. The molecule has 0 bridgehead atoms. The third-order valence-corrected chi connectivity index (χ3v) is 6.56. The number of fused-ring (bicyclic) bond motifs is 5. The Labute approximate surface area is 185 Å². The van der Waals surface area contributed by atoms with Crippen molar-refractivity contribution in [3.8, 4) is 44.6 Å². The van der Waals surface area contributed by atoms with Crippen molar-refractivity contribution in [1.29, 1.82) is 0 Å². The minimum absolute atomic E-state index is 0.939.